The Balaban J connectivity index is 2.06. The molecule has 6 heteroatoms. The summed E-state index contributed by atoms with van der Waals surface area (Å²) in [7, 11) is 0. The molecule has 1 heterocycles. The van der Waals surface area contributed by atoms with Crippen molar-refractivity contribution >= 4 is 5.91 Å². The van der Waals surface area contributed by atoms with E-state index in [0.29, 0.717) is 12.8 Å². The first-order valence-electron chi connectivity index (χ1n) is 7.47. The largest absolute Gasteiger partial charge is 0.388 e. The monoisotopic (exact) mass is 302 g/mol. The molecular weight excluding hydrogens is 280 g/mol. The van der Waals surface area contributed by atoms with E-state index in [9.17, 15) is 9.90 Å². The number of nitrogens with zero attached hydrogens (tertiary/aromatic N) is 3. The van der Waals surface area contributed by atoms with Gasteiger partial charge in [0.15, 0.2) is 5.69 Å². The number of carbonyl (C=O) groups excluding carboxylic acids is 1. The zero-order chi connectivity index (χ0) is 16.2. The van der Waals surface area contributed by atoms with E-state index < -0.39 is 5.60 Å². The molecule has 0 saturated carbocycles. The Bertz CT molecular complexity index is 647. The number of carbonyl (C=O) groups is 1. The second-order valence-corrected chi connectivity index (χ2v) is 5.50. The third-order valence-electron chi connectivity index (χ3n) is 3.89. The van der Waals surface area contributed by atoms with E-state index in [1.54, 1.807) is 10.9 Å². The Hall–Kier alpha value is -2.21. The fourth-order valence-electron chi connectivity index (χ4n) is 2.10. The lowest BCUT2D eigenvalue weighted by Gasteiger charge is -2.24. The molecule has 0 saturated heterocycles. The molecule has 2 aromatic rings. The van der Waals surface area contributed by atoms with Gasteiger partial charge in [-0.3, -0.25) is 4.79 Å². The molecule has 0 aliphatic heterocycles. The summed E-state index contributed by atoms with van der Waals surface area (Å²) in [6.45, 7) is 5.98. The molecule has 2 N–H and O–H groups in total. The molecule has 0 bridgehead atoms. The van der Waals surface area contributed by atoms with Crippen LogP contribution in [0.3, 0.4) is 0 Å². The van der Waals surface area contributed by atoms with Gasteiger partial charge in [0.2, 0.25) is 0 Å². The van der Waals surface area contributed by atoms with E-state index >= 15 is 0 Å². The molecule has 22 heavy (non-hydrogen) atoms. The Kier molecular flexibility index (Phi) is 4.92. The first-order valence-corrected chi connectivity index (χ1v) is 7.47. The minimum absolute atomic E-state index is 0.205. The van der Waals surface area contributed by atoms with Crippen LogP contribution in [0.4, 0.5) is 0 Å². The van der Waals surface area contributed by atoms with Crippen LogP contribution in [-0.2, 0) is 0 Å². The number of aryl methyl sites for hydroxylation is 1. The number of rotatable bonds is 6. The average molecular weight is 302 g/mol. The Morgan fingerprint density at radius 2 is 2.09 bits per heavy atom. The van der Waals surface area contributed by atoms with Crippen molar-refractivity contribution in [3.63, 3.8) is 0 Å². The van der Waals surface area contributed by atoms with Crippen LogP contribution in [0.1, 0.15) is 42.7 Å². The van der Waals surface area contributed by atoms with Crippen molar-refractivity contribution in [2.24, 2.45) is 0 Å². The number of benzene rings is 1. The average Bonchev–Trinajstić information content (AvgIpc) is 3.02. The van der Waals surface area contributed by atoms with E-state index in [1.165, 1.54) is 0 Å². The second kappa shape index (κ2) is 6.70. The quantitative estimate of drug-likeness (QED) is 0.853. The van der Waals surface area contributed by atoms with Gasteiger partial charge in [0, 0.05) is 6.54 Å². The topological polar surface area (TPSA) is 80.0 Å². The van der Waals surface area contributed by atoms with Gasteiger partial charge >= 0.3 is 0 Å². The molecule has 118 valence electrons. The summed E-state index contributed by atoms with van der Waals surface area (Å²) in [5.74, 6) is -0.334. The fraction of sp³-hybridized carbons (Fsp3) is 0.438. The summed E-state index contributed by atoms with van der Waals surface area (Å²) in [4.78, 5) is 12.1. The summed E-state index contributed by atoms with van der Waals surface area (Å²) < 4.78 is 1.56. The van der Waals surface area contributed by atoms with Gasteiger partial charge in [0.05, 0.1) is 17.5 Å². The third kappa shape index (κ3) is 3.71. The Morgan fingerprint density at radius 3 is 2.73 bits per heavy atom. The Morgan fingerprint density at radius 1 is 1.36 bits per heavy atom. The molecule has 1 amide bonds. The van der Waals surface area contributed by atoms with Gasteiger partial charge < -0.3 is 10.4 Å². The van der Waals surface area contributed by atoms with Crippen molar-refractivity contribution in [3.8, 4) is 5.69 Å². The zero-order valence-corrected chi connectivity index (χ0v) is 13.2. The maximum atomic E-state index is 12.1. The van der Waals surface area contributed by atoms with Gasteiger partial charge in [-0.05, 0) is 37.5 Å². The van der Waals surface area contributed by atoms with E-state index in [-0.39, 0.29) is 18.1 Å². The molecule has 0 radical (unpaired) electrons. The van der Waals surface area contributed by atoms with Crippen LogP contribution in [0.15, 0.2) is 30.5 Å². The molecule has 1 aromatic heterocycles. The molecule has 0 unspecified atom stereocenters. The summed E-state index contributed by atoms with van der Waals surface area (Å²) in [6.07, 6.45) is 2.75. The van der Waals surface area contributed by atoms with Crippen LogP contribution in [0.2, 0.25) is 0 Å². The minimum atomic E-state index is -0.873. The predicted octanol–water partition coefficient (Wildman–Crippen LogP) is 1.86. The molecule has 6 nitrogen and oxygen atoms in total. The lowest BCUT2D eigenvalue weighted by Crippen LogP contribution is -2.42. The van der Waals surface area contributed by atoms with Crippen LogP contribution in [-0.4, -0.2) is 38.2 Å². The van der Waals surface area contributed by atoms with Crippen LogP contribution in [0, 0.1) is 6.92 Å². The van der Waals surface area contributed by atoms with Crippen molar-refractivity contribution in [1.29, 1.82) is 0 Å². The number of hydrogen-bond acceptors (Lipinski definition) is 4. The molecule has 0 aliphatic rings. The summed E-state index contributed by atoms with van der Waals surface area (Å²) in [5, 5.41) is 20.8. The lowest BCUT2D eigenvalue weighted by atomic mass is 9.97. The maximum Gasteiger partial charge on any atom is 0.273 e. The number of hydrogen-bond donors (Lipinski definition) is 2. The van der Waals surface area contributed by atoms with Crippen molar-refractivity contribution in [2.75, 3.05) is 6.54 Å². The standard InChI is InChI=1S/C16H22N4O2/c1-4-16(22,5-2)11-17-15(21)14-10-20(19-18-14)13-8-6-7-12(3)9-13/h6-10,22H,4-5,11H2,1-3H3,(H,17,21). The first-order chi connectivity index (χ1) is 10.5. The number of aromatic nitrogens is 3. The van der Waals surface area contributed by atoms with Gasteiger partial charge in [0.25, 0.3) is 5.91 Å². The Labute approximate surface area is 130 Å². The SMILES string of the molecule is CCC(O)(CC)CNC(=O)c1cn(-c2cccc(C)c2)nn1. The van der Waals surface area contributed by atoms with E-state index in [4.69, 9.17) is 0 Å². The van der Waals surface area contributed by atoms with Gasteiger partial charge in [-0.25, -0.2) is 4.68 Å². The highest BCUT2D eigenvalue weighted by molar-refractivity contribution is 5.91. The summed E-state index contributed by atoms with van der Waals surface area (Å²) in [6, 6.07) is 7.78. The van der Waals surface area contributed by atoms with Crippen molar-refractivity contribution in [2.45, 2.75) is 39.2 Å². The van der Waals surface area contributed by atoms with Gasteiger partial charge in [-0.15, -0.1) is 5.10 Å². The fourth-order valence-corrected chi connectivity index (χ4v) is 2.10. The highest BCUT2D eigenvalue weighted by Gasteiger charge is 2.23. The molecule has 0 fully saturated rings. The summed E-state index contributed by atoms with van der Waals surface area (Å²) >= 11 is 0. The number of amides is 1. The van der Waals surface area contributed by atoms with Crippen LogP contribution < -0.4 is 5.32 Å². The van der Waals surface area contributed by atoms with Gasteiger partial charge in [-0.2, -0.15) is 0 Å². The second-order valence-electron chi connectivity index (χ2n) is 5.50. The molecular formula is C16H22N4O2. The number of nitrogens with one attached hydrogen (secondary N) is 1. The van der Waals surface area contributed by atoms with Crippen LogP contribution >= 0.6 is 0 Å². The third-order valence-corrected chi connectivity index (χ3v) is 3.89. The first kappa shape index (κ1) is 16.2. The highest BCUT2D eigenvalue weighted by atomic mass is 16.3. The van der Waals surface area contributed by atoms with Crippen LogP contribution in [0.25, 0.3) is 5.69 Å². The van der Waals surface area contributed by atoms with Crippen LogP contribution in [0.5, 0.6) is 0 Å². The van der Waals surface area contributed by atoms with Crippen molar-refractivity contribution in [3.05, 3.63) is 41.7 Å². The molecule has 1 aromatic carbocycles. The molecule has 2 rings (SSSR count). The molecule has 0 spiro atoms. The molecule has 0 atom stereocenters. The van der Waals surface area contributed by atoms with E-state index in [1.807, 2.05) is 45.0 Å². The van der Waals surface area contributed by atoms with Crippen molar-refractivity contribution in [1.82, 2.24) is 20.3 Å². The molecule has 0 aliphatic carbocycles. The van der Waals surface area contributed by atoms with Gasteiger partial charge in [-0.1, -0.05) is 31.2 Å². The highest BCUT2D eigenvalue weighted by Crippen LogP contribution is 2.13. The minimum Gasteiger partial charge on any atom is -0.388 e. The summed E-state index contributed by atoms with van der Waals surface area (Å²) in [5.41, 5.74) is 1.32. The zero-order valence-electron chi connectivity index (χ0n) is 13.2. The van der Waals surface area contributed by atoms with Crippen molar-refractivity contribution < 1.29 is 9.90 Å². The predicted molar refractivity (Wildman–Crippen MR) is 84.0 cm³/mol. The maximum absolute atomic E-state index is 12.1. The normalized spacial score (nSPS) is 11.5. The lowest BCUT2D eigenvalue weighted by molar-refractivity contribution is 0.0313. The van der Waals surface area contributed by atoms with E-state index in [2.05, 4.69) is 15.6 Å². The smallest absolute Gasteiger partial charge is 0.273 e. The van der Waals surface area contributed by atoms with E-state index in [0.717, 1.165) is 11.3 Å². The van der Waals surface area contributed by atoms with Gasteiger partial charge in [0.1, 0.15) is 0 Å². The number of aliphatic hydroxyl groups is 1.